The van der Waals surface area contributed by atoms with Gasteiger partial charge in [-0.25, -0.2) is 17.5 Å². The molecular formula is C11H16FNO3S. The zero-order valence-electron chi connectivity index (χ0n) is 10.0. The molecule has 1 rings (SSSR count). The van der Waals surface area contributed by atoms with E-state index in [2.05, 4.69) is 4.72 Å². The van der Waals surface area contributed by atoms with Gasteiger partial charge in [0.2, 0.25) is 10.0 Å². The van der Waals surface area contributed by atoms with Gasteiger partial charge in [0.1, 0.15) is 11.4 Å². The maximum Gasteiger partial charge on any atom is 0.208 e. The zero-order chi connectivity index (χ0) is 13.1. The van der Waals surface area contributed by atoms with Crippen molar-refractivity contribution in [2.75, 3.05) is 19.9 Å². The van der Waals surface area contributed by atoms with Crippen LogP contribution in [0.3, 0.4) is 0 Å². The van der Waals surface area contributed by atoms with Gasteiger partial charge < -0.3 is 4.74 Å². The van der Waals surface area contributed by atoms with Crippen LogP contribution in [0.1, 0.15) is 12.5 Å². The lowest BCUT2D eigenvalue weighted by Gasteiger charge is -2.28. The van der Waals surface area contributed by atoms with E-state index < -0.39 is 21.4 Å². The highest BCUT2D eigenvalue weighted by Crippen LogP contribution is 2.26. The Morgan fingerprint density at radius 3 is 2.47 bits per heavy atom. The zero-order valence-corrected chi connectivity index (χ0v) is 10.8. The van der Waals surface area contributed by atoms with E-state index in [1.807, 2.05) is 0 Å². The molecule has 0 amide bonds. The minimum absolute atomic E-state index is 0.0245. The molecule has 0 aliphatic rings. The van der Waals surface area contributed by atoms with Crippen molar-refractivity contribution in [3.8, 4) is 0 Å². The van der Waals surface area contributed by atoms with Crippen molar-refractivity contribution in [2.45, 2.75) is 12.5 Å². The SMILES string of the molecule is CO[C@](C)(CNS(C)(=O)=O)c1ccccc1F. The Bertz CT molecular complexity index is 489. The Morgan fingerprint density at radius 2 is 2.00 bits per heavy atom. The van der Waals surface area contributed by atoms with E-state index in [4.69, 9.17) is 4.74 Å². The van der Waals surface area contributed by atoms with Gasteiger partial charge in [-0.3, -0.25) is 0 Å². The van der Waals surface area contributed by atoms with Crippen LogP contribution < -0.4 is 4.72 Å². The summed E-state index contributed by atoms with van der Waals surface area (Å²) < 4.78 is 43.3. The third-order valence-electron chi connectivity index (χ3n) is 2.57. The Balaban J connectivity index is 3.00. The van der Waals surface area contributed by atoms with Crippen LogP contribution in [0.4, 0.5) is 4.39 Å². The molecule has 0 bridgehead atoms. The summed E-state index contributed by atoms with van der Waals surface area (Å²) >= 11 is 0. The van der Waals surface area contributed by atoms with Crippen molar-refractivity contribution in [1.82, 2.24) is 4.72 Å². The van der Waals surface area contributed by atoms with Gasteiger partial charge in [0.25, 0.3) is 0 Å². The van der Waals surface area contributed by atoms with E-state index in [0.29, 0.717) is 5.56 Å². The molecule has 1 aromatic rings. The highest BCUT2D eigenvalue weighted by Gasteiger charge is 2.29. The summed E-state index contributed by atoms with van der Waals surface area (Å²) in [5.41, 5.74) is -0.715. The molecule has 96 valence electrons. The lowest BCUT2D eigenvalue weighted by Crippen LogP contribution is -2.40. The number of benzene rings is 1. The first kappa shape index (κ1) is 14.1. The molecule has 0 saturated carbocycles. The summed E-state index contributed by atoms with van der Waals surface area (Å²) in [6, 6.07) is 6.13. The summed E-state index contributed by atoms with van der Waals surface area (Å²) in [5, 5.41) is 0. The lowest BCUT2D eigenvalue weighted by molar-refractivity contribution is 0.00413. The minimum atomic E-state index is -3.34. The average Bonchev–Trinajstić information content (AvgIpc) is 2.26. The van der Waals surface area contributed by atoms with E-state index >= 15 is 0 Å². The van der Waals surface area contributed by atoms with Gasteiger partial charge in [-0.15, -0.1) is 0 Å². The molecule has 1 N–H and O–H groups in total. The Labute approximate surface area is 101 Å². The van der Waals surface area contributed by atoms with E-state index in [1.165, 1.54) is 13.2 Å². The van der Waals surface area contributed by atoms with Gasteiger partial charge in [0, 0.05) is 19.2 Å². The standard InChI is InChI=1S/C11H16FNO3S/c1-11(16-2,8-13-17(3,14)15)9-6-4-5-7-10(9)12/h4-7,13H,8H2,1-3H3/t11-/m1/s1. The monoisotopic (exact) mass is 261 g/mol. The Hall–Kier alpha value is -0.980. The summed E-state index contributed by atoms with van der Waals surface area (Å²) in [4.78, 5) is 0. The van der Waals surface area contributed by atoms with E-state index in [9.17, 15) is 12.8 Å². The predicted molar refractivity (Wildman–Crippen MR) is 63.6 cm³/mol. The van der Waals surface area contributed by atoms with Crippen LogP contribution in [-0.4, -0.2) is 28.3 Å². The molecule has 0 heterocycles. The third kappa shape index (κ3) is 3.76. The van der Waals surface area contributed by atoms with Crippen LogP contribution in [0.2, 0.25) is 0 Å². The molecule has 0 radical (unpaired) electrons. The van der Waals surface area contributed by atoms with E-state index in [1.54, 1.807) is 25.1 Å². The second-order valence-electron chi connectivity index (χ2n) is 4.01. The molecule has 1 atom stereocenters. The second kappa shape index (κ2) is 5.12. The first-order valence-corrected chi connectivity index (χ1v) is 6.92. The number of methoxy groups -OCH3 is 1. The van der Waals surface area contributed by atoms with Crippen LogP contribution in [-0.2, 0) is 20.4 Å². The quantitative estimate of drug-likeness (QED) is 0.867. The number of hydrogen-bond acceptors (Lipinski definition) is 3. The molecule has 0 aliphatic heterocycles. The summed E-state index contributed by atoms with van der Waals surface area (Å²) in [6.45, 7) is 1.60. The predicted octanol–water partition coefficient (Wildman–Crippen LogP) is 1.24. The highest BCUT2D eigenvalue weighted by molar-refractivity contribution is 7.88. The number of sulfonamides is 1. The summed E-state index contributed by atoms with van der Waals surface area (Å²) in [5.74, 6) is -0.424. The molecule has 6 heteroatoms. The minimum Gasteiger partial charge on any atom is -0.372 e. The van der Waals surface area contributed by atoms with Gasteiger partial charge in [-0.05, 0) is 13.0 Å². The van der Waals surface area contributed by atoms with Crippen molar-refractivity contribution in [2.24, 2.45) is 0 Å². The van der Waals surface area contributed by atoms with Crippen molar-refractivity contribution in [3.63, 3.8) is 0 Å². The van der Waals surface area contributed by atoms with E-state index in [-0.39, 0.29) is 6.54 Å². The molecule has 0 aliphatic carbocycles. The lowest BCUT2D eigenvalue weighted by atomic mass is 9.95. The molecule has 0 spiro atoms. The van der Waals surface area contributed by atoms with Gasteiger partial charge in [0.15, 0.2) is 0 Å². The van der Waals surface area contributed by atoms with Gasteiger partial charge in [-0.1, -0.05) is 18.2 Å². The van der Waals surface area contributed by atoms with Crippen molar-refractivity contribution in [3.05, 3.63) is 35.6 Å². The largest absolute Gasteiger partial charge is 0.372 e. The van der Waals surface area contributed by atoms with Crippen LogP contribution in [0.25, 0.3) is 0 Å². The average molecular weight is 261 g/mol. The molecule has 4 nitrogen and oxygen atoms in total. The smallest absolute Gasteiger partial charge is 0.208 e. The topological polar surface area (TPSA) is 55.4 Å². The number of nitrogens with one attached hydrogen (secondary N) is 1. The third-order valence-corrected chi connectivity index (χ3v) is 3.23. The summed E-state index contributed by atoms with van der Waals surface area (Å²) in [7, 11) is -1.93. The molecule has 0 saturated heterocycles. The fraction of sp³-hybridized carbons (Fsp3) is 0.455. The van der Waals surface area contributed by atoms with Crippen LogP contribution in [0, 0.1) is 5.82 Å². The van der Waals surface area contributed by atoms with Gasteiger partial charge in [-0.2, -0.15) is 0 Å². The fourth-order valence-corrected chi connectivity index (χ4v) is 1.97. The van der Waals surface area contributed by atoms with Gasteiger partial charge in [0.05, 0.1) is 6.26 Å². The molecule has 17 heavy (non-hydrogen) atoms. The van der Waals surface area contributed by atoms with Crippen LogP contribution in [0.5, 0.6) is 0 Å². The molecule has 0 aromatic heterocycles. The Kier molecular flexibility index (Phi) is 4.24. The first-order valence-electron chi connectivity index (χ1n) is 5.03. The maximum atomic E-state index is 13.6. The molecule has 1 aromatic carbocycles. The van der Waals surface area contributed by atoms with Crippen LogP contribution >= 0.6 is 0 Å². The van der Waals surface area contributed by atoms with Crippen molar-refractivity contribution in [1.29, 1.82) is 0 Å². The maximum absolute atomic E-state index is 13.6. The number of halogens is 1. The van der Waals surface area contributed by atoms with E-state index in [0.717, 1.165) is 6.26 Å². The second-order valence-corrected chi connectivity index (χ2v) is 5.84. The number of ether oxygens (including phenoxy) is 1. The van der Waals surface area contributed by atoms with Crippen molar-refractivity contribution >= 4 is 10.0 Å². The normalized spacial score (nSPS) is 15.5. The molecule has 0 fully saturated rings. The molecule has 0 unspecified atom stereocenters. The fourth-order valence-electron chi connectivity index (χ4n) is 1.44. The first-order chi connectivity index (χ1) is 7.78. The number of rotatable bonds is 5. The highest BCUT2D eigenvalue weighted by atomic mass is 32.2. The van der Waals surface area contributed by atoms with Crippen LogP contribution in [0.15, 0.2) is 24.3 Å². The van der Waals surface area contributed by atoms with Crippen molar-refractivity contribution < 1.29 is 17.5 Å². The van der Waals surface area contributed by atoms with Gasteiger partial charge >= 0.3 is 0 Å². The number of hydrogen-bond donors (Lipinski definition) is 1. The summed E-state index contributed by atoms with van der Waals surface area (Å²) in [6.07, 6.45) is 1.05. The molecular weight excluding hydrogens is 245 g/mol. The Morgan fingerprint density at radius 1 is 1.41 bits per heavy atom.